The van der Waals surface area contributed by atoms with Crippen LogP contribution in [0, 0.1) is 0 Å². The second-order valence-electron chi connectivity index (χ2n) is 7.40. The SMILES string of the molecule is CC(=O)c1ccccc1-c1cn(C(=O)Nc2ccc(OC(C)(F)F)cc2)c2ccccc12. The van der Waals surface area contributed by atoms with Gasteiger partial charge in [-0.15, -0.1) is 0 Å². The third-order valence-corrected chi connectivity index (χ3v) is 4.93. The van der Waals surface area contributed by atoms with Crippen molar-refractivity contribution in [2.24, 2.45) is 0 Å². The summed E-state index contributed by atoms with van der Waals surface area (Å²) in [4.78, 5) is 25.2. The molecule has 1 heterocycles. The van der Waals surface area contributed by atoms with Crippen molar-refractivity contribution in [3.05, 3.63) is 84.6 Å². The number of hydrogen-bond donors (Lipinski definition) is 1. The van der Waals surface area contributed by atoms with Crippen molar-refractivity contribution in [3.8, 4) is 16.9 Å². The zero-order valence-corrected chi connectivity index (χ0v) is 17.4. The molecule has 32 heavy (non-hydrogen) atoms. The lowest BCUT2D eigenvalue weighted by Crippen LogP contribution is -2.19. The number of benzene rings is 3. The van der Waals surface area contributed by atoms with Gasteiger partial charge in [0.25, 0.3) is 0 Å². The normalized spacial score (nSPS) is 11.4. The molecule has 0 aliphatic carbocycles. The molecule has 1 amide bonds. The summed E-state index contributed by atoms with van der Waals surface area (Å²) in [6.07, 6.45) is -1.60. The van der Waals surface area contributed by atoms with Crippen LogP contribution in [0.5, 0.6) is 5.75 Å². The number of nitrogens with one attached hydrogen (secondary N) is 1. The molecular weight excluding hydrogens is 414 g/mol. The van der Waals surface area contributed by atoms with Crippen LogP contribution in [0.15, 0.2) is 79.0 Å². The maximum absolute atomic E-state index is 13.0. The molecule has 0 radical (unpaired) electrons. The van der Waals surface area contributed by atoms with Gasteiger partial charge in [0.05, 0.1) is 5.52 Å². The Morgan fingerprint density at radius 2 is 1.56 bits per heavy atom. The molecule has 162 valence electrons. The molecule has 5 nitrogen and oxygen atoms in total. The number of nitrogens with zero attached hydrogens (tertiary/aromatic N) is 1. The van der Waals surface area contributed by atoms with Gasteiger partial charge in [-0.3, -0.25) is 9.36 Å². The van der Waals surface area contributed by atoms with Gasteiger partial charge in [-0.05, 0) is 42.8 Å². The fourth-order valence-corrected chi connectivity index (χ4v) is 3.58. The Balaban J connectivity index is 1.69. The topological polar surface area (TPSA) is 60.3 Å². The molecule has 1 N–H and O–H groups in total. The number of aromatic nitrogens is 1. The smallest absolute Gasteiger partial charge is 0.394 e. The summed E-state index contributed by atoms with van der Waals surface area (Å²) in [5.74, 6) is -0.0770. The van der Waals surface area contributed by atoms with Crippen molar-refractivity contribution in [1.29, 1.82) is 0 Å². The number of alkyl halides is 2. The summed E-state index contributed by atoms with van der Waals surface area (Å²) in [7, 11) is 0. The first-order valence-electron chi connectivity index (χ1n) is 9.91. The number of amides is 1. The van der Waals surface area contributed by atoms with Crippen LogP contribution in [0.4, 0.5) is 19.3 Å². The second-order valence-corrected chi connectivity index (χ2v) is 7.40. The summed E-state index contributed by atoms with van der Waals surface area (Å²) < 4.78 is 32.0. The molecule has 0 atom stereocenters. The van der Waals surface area contributed by atoms with Crippen LogP contribution in [0.2, 0.25) is 0 Å². The maximum atomic E-state index is 13.0. The average molecular weight is 434 g/mol. The highest BCUT2D eigenvalue weighted by molar-refractivity contribution is 6.08. The van der Waals surface area contributed by atoms with Gasteiger partial charge in [-0.1, -0.05) is 42.5 Å². The van der Waals surface area contributed by atoms with Crippen LogP contribution >= 0.6 is 0 Å². The minimum atomic E-state index is -3.29. The van der Waals surface area contributed by atoms with Crippen molar-refractivity contribution < 1.29 is 23.1 Å². The quantitative estimate of drug-likeness (QED) is 0.361. The fourth-order valence-electron chi connectivity index (χ4n) is 3.58. The van der Waals surface area contributed by atoms with Gasteiger partial charge in [-0.2, -0.15) is 8.78 Å². The minimum Gasteiger partial charge on any atom is -0.433 e. The Bertz CT molecular complexity index is 1310. The van der Waals surface area contributed by atoms with E-state index < -0.39 is 12.1 Å². The molecule has 0 aliphatic heterocycles. The van der Waals surface area contributed by atoms with E-state index in [1.54, 1.807) is 18.3 Å². The molecule has 0 fully saturated rings. The van der Waals surface area contributed by atoms with E-state index in [2.05, 4.69) is 10.1 Å². The molecule has 0 saturated heterocycles. The van der Waals surface area contributed by atoms with Gasteiger partial charge in [0, 0.05) is 35.3 Å². The third kappa shape index (κ3) is 4.37. The van der Waals surface area contributed by atoms with Crippen molar-refractivity contribution in [3.63, 3.8) is 0 Å². The van der Waals surface area contributed by atoms with Crippen molar-refractivity contribution in [1.82, 2.24) is 4.57 Å². The first-order chi connectivity index (χ1) is 15.2. The number of fused-ring (bicyclic) bond motifs is 1. The number of para-hydroxylation sites is 1. The molecule has 7 heteroatoms. The minimum absolute atomic E-state index is 0.00922. The van der Waals surface area contributed by atoms with Gasteiger partial charge >= 0.3 is 12.1 Å². The molecular formula is C25H20F2N2O3. The number of anilines is 1. The van der Waals surface area contributed by atoms with Crippen LogP contribution in [0.1, 0.15) is 24.2 Å². The summed E-state index contributed by atoms with van der Waals surface area (Å²) >= 11 is 0. The van der Waals surface area contributed by atoms with E-state index in [1.165, 1.54) is 35.8 Å². The van der Waals surface area contributed by atoms with E-state index in [-0.39, 0.29) is 11.5 Å². The van der Waals surface area contributed by atoms with Gasteiger partial charge in [0.2, 0.25) is 0 Å². The van der Waals surface area contributed by atoms with E-state index in [0.29, 0.717) is 23.7 Å². The first kappa shape index (κ1) is 21.2. The molecule has 0 unspecified atom stereocenters. The Hall–Kier alpha value is -4.00. The summed E-state index contributed by atoms with van der Waals surface area (Å²) in [5, 5.41) is 3.58. The van der Waals surface area contributed by atoms with E-state index in [4.69, 9.17) is 0 Å². The number of halogens is 2. The molecule has 4 rings (SSSR count). The highest BCUT2D eigenvalue weighted by Crippen LogP contribution is 2.33. The lowest BCUT2D eigenvalue weighted by Gasteiger charge is -2.13. The second kappa shape index (κ2) is 8.26. The van der Waals surface area contributed by atoms with Crippen molar-refractivity contribution >= 4 is 28.4 Å². The van der Waals surface area contributed by atoms with Crippen LogP contribution in [-0.4, -0.2) is 22.5 Å². The van der Waals surface area contributed by atoms with Gasteiger partial charge in [0.15, 0.2) is 5.78 Å². The molecule has 0 bridgehead atoms. The van der Waals surface area contributed by atoms with Crippen LogP contribution < -0.4 is 10.1 Å². The van der Waals surface area contributed by atoms with Crippen LogP contribution in [0.25, 0.3) is 22.0 Å². The molecule has 0 aliphatic rings. The molecule has 1 aromatic heterocycles. The molecule has 0 saturated carbocycles. The highest BCUT2D eigenvalue weighted by Gasteiger charge is 2.23. The van der Waals surface area contributed by atoms with Crippen molar-refractivity contribution in [2.75, 3.05) is 5.32 Å². The predicted octanol–water partition coefficient (Wildman–Crippen LogP) is 6.58. The Kier molecular flexibility index (Phi) is 5.48. The fraction of sp³-hybridized carbons (Fsp3) is 0.120. The largest absolute Gasteiger partial charge is 0.433 e. The first-order valence-corrected chi connectivity index (χ1v) is 9.91. The van der Waals surface area contributed by atoms with Gasteiger partial charge in [-0.25, -0.2) is 4.79 Å². The van der Waals surface area contributed by atoms with E-state index in [1.807, 2.05) is 36.4 Å². The molecule has 4 aromatic rings. The van der Waals surface area contributed by atoms with Gasteiger partial charge < -0.3 is 10.1 Å². The zero-order valence-electron chi connectivity index (χ0n) is 17.4. The van der Waals surface area contributed by atoms with Crippen LogP contribution in [-0.2, 0) is 0 Å². The lowest BCUT2D eigenvalue weighted by atomic mass is 9.97. The number of ether oxygens (including phenoxy) is 1. The molecule has 3 aromatic carbocycles. The van der Waals surface area contributed by atoms with E-state index in [9.17, 15) is 18.4 Å². The maximum Gasteiger partial charge on any atom is 0.394 e. The third-order valence-electron chi connectivity index (χ3n) is 4.93. The Morgan fingerprint density at radius 3 is 2.25 bits per heavy atom. The number of carbonyl (C=O) groups excluding carboxylic acids is 2. The zero-order chi connectivity index (χ0) is 22.9. The van der Waals surface area contributed by atoms with Crippen LogP contribution in [0.3, 0.4) is 0 Å². The number of rotatable bonds is 5. The number of ketones is 1. The van der Waals surface area contributed by atoms with Crippen molar-refractivity contribution in [2.45, 2.75) is 20.0 Å². The summed E-state index contributed by atoms with van der Waals surface area (Å²) in [6.45, 7) is 2.16. The predicted molar refractivity (Wildman–Crippen MR) is 119 cm³/mol. The lowest BCUT2D eigenvalue weighted by molar-refractivity contribution is -0.158. The Labute approximate surface area is 183 Å². The average Bonchev–Trinajstić information content (AvgIpc) is 3.14. The highest BCUT2D eigenvalue weighted by atomic mass is 19.3. The standard InChI is InChI=1S/C25H20F2N2O3/c1-16(30)19-7-3-4-8-20(19)22-15-29(23-10-6-5-9-21(22)23)24(31)28-17-11-13-18(14-12-17)32-25(2,26)27/h3-15H,1-2H3,(H,28,31). The number of hydrogen-bond acceptors (Lipinski definition) is 3. The van der Waals surface area contributed by atoms with E-state index in [0.717, 1.165) is 16.5 Å². The number of carbonyl (C=O) groups is 2. The molecule has 0 spiro atoms. The monoisotopic (exact) mass is 434 g/mol. The summed E-state index contributed by atoms with van der Waals surface area (Å²) in [5.41, 5.74) is 3.16. The summed E-state index contributed by atoms with van der Waals surface area (Å²) in [6, 6.07) is 19.9. The Morgan fingerprint density at radius 1 is 0.906 bits per heavy atom. The van der Waals surface area contributed by atoms with E-state index >= 15 is 0 Å². The van der Waals surface area contributed by atoms with Gasteiger partial charge in [0.1, 0.15) is 5.75 Å². The number of Topliss-reactive ketones (excluding diaryl/α,β-unsaturated/α-hetero) is 1.